The number of carboxylic acids is 3. The van der Waals surface area contributed by atoms with E-state index >= 15 is 0 Å². The molecule has 378 valence electrons. The van der Waals surface area contributed by atoms with Crippen LogP contribution in [0.2, 0.25) is 0 Å². The Morgan fingerprint density at radius 1 is 0.627 bits per heavy atom. The monoisotopic (exact) mass is 975 g/mol. The van der Waals surface area contributed by atoms with Gasteiger partial charge >= 0.3 is 23.9 Å². The lowest BCUT2D eigenvalue weighted by molar-refractivity contribution is -0.140. The van der Waals surface area contributed by atoms with Crippen LogP contribution < -0.4 is 10.1 Å². The lowest BCUT2D eigenvalue weighted by Gasteiger charge is -2.32. The Labute approximate surface area is 392 Å². The van der Waals surface area contributed by atoms with E-state index < -0.39 is 61.0 Å². The Hall–Kier alpha value is -4.59. The van der Waals surface area contributed by atoms with Crippen molar-refractivity contribution < 1.29 is 71.3 Å². The number of carboxylic acid groups (broad SMARTS) is 3. The molecule has 0 radical (unpaired) electrons. The van der Waals surface area contributed by atoms with Crippen molar-refractivity contribution in [3.8, 4) is 5.75 Å². The van der Waals surface area contributed by atoms with Crippen molar-refractivity contribution >= 4 is 43.7 Å². The van der Waals surface area contributed by atoms with Crippen LogP contribution in [0.4, 0.5) is 17.6 Å². The summed E-state index contributed by atoms with van der Waals surface area (Å²) in [7, 11) is -0.959. The van der Waals surface area contributed by atoms with E-state index in [2.05, 4.69) is 41.2 Å². The van der Waals surface area contributed by atoms with Gasteiger partial charge in [0, 0.05) is 86.0 Å². The molecule has 21 heteroatoms. The van der Waals surface area contributed by atoms with Crippen molar-refractivity contribution in [1.82, 2.24) is 24.9 Å². The van der Waals surface area contributed by atoms with Gasteiger partial charge in [0.25, 0.3) is 0 Å². The zero-order chi connectivity index (χ0) is 50.3. The van der Waals surface area contributed by atoms with Crippen LogP contribution in [0.5, 0.6) is 5.75 Å². The average Bonchev–Trinajstić information content (AvgIpc) is 3.26. The summed E-state index contributed by atoms with van der Waals surface area (Å²) in [6.07, 6.45) is 6.60. The van der Waals surface area contributed by atoms with Gasteiger partial charge in [-0.1, -0.05) is 50.1 Å². The summed E-state index contributed by atoms with van der Waals surface area (Å²) in [5, 5.41) is 30.1. The number of aliphatic carboxylic acids is 3. The molecule has 1 amide bonds. The smallest absolute Gasteiger partial charge is 0.317 e. The molecule has 1 atom stereocenters. The van der Waals surface area contributed by atoms with Crippen LogP contribution in [0.15, 0.2) is 30.3 Å². The first kappa shape index (κ1) is 60.4. The number of ketones is 1. The molecule has 0 bridgehead atoms. The van der Waals surface area contributed by atoms with E-state index in [1.807, 2.05) is 18.7 Å². The fourth-order valence-corrected chi connectivity index (χ4v) is 8.04. The van der Waals surface area contributed by atoms with Crippen molar-refractivity contribution in [3.05, 3.63) is 64.7 Å². The van der Waals surface area contributed by atoms with E-state index in [-0.39, 0.29) is 63.2 Å². The number of Topliss-reactive ketones (excluding diaryl/α,β-unsaturated/α-hetero) is 1. The minimum absolute atomic E-state index is 0.0192. The first-order chi connectivity index (χ1) is 31.8. The molecule has 16 nitrogen and oxygen atoms in total. The number of unbranched alkanes of at least 4 members (excludes halogenated alkanes) is 3. The molecule has 1 aliphatic heterocycles. The molecule has 1 unspecified atom stereocenters. The predicted molar refractivity (Wildman–Crippen MR) is 246 cm³/mol. The van der Waals surface area contributed by atoms with E-state index in [1.165, 1.54) is 18.1 Å². The molecule has 0 aliphatic carbocycles. The zero-order valence-electron chi connectivity index (χ0n) is 39.3. The molecule has 67 heavy (non-hydrogen) atoms. The van der Waals surface area contributed by atoms with E-state index in [1.54, 1.807) is 14.7 Å². The number of aryl methyl sites for hydroxylation is 2. The summed E-state index contributed by atoms with van der Waals surface area (Å²) in [6.45, 7) is 10.9. The maximum absolute atomic E-state index is 13.5. The number of esters is 1. The van der Waals surface area contributed by atoms with Gasteiger partial charge in [0.15, 0.2) is 11.6 Å². The van der Waals surface area contributed by atoms with Crippen molar-refractivity contribution in [2.75, 3.05) is 97.4 Å². The second kappa shape index (κ2) is 34.7. The summed E-state index contributed by atoms with van der Waals surface area (Å²) in [5.41, 5.74) is 2.53. The fraction of sp³-hybridized carbons (Fsp3) is 0.609. The van der Waals surface area contributed by atoms with Crippen LogP contribution in [0, 0.1) is 30.2 Å². The SMILES string of the molecule is CC.CC(=O)CN1CCN(CC(=O)O)CCN(CC(=O)O)CCN(CC(=O)O)CC1.Cc1ccc(CCCP(O)CCCCCNC(=O)CCCCC(=O)Oc2c(F)c(F)cc(F)c2F)cc1. The molecular weight excluding hydrogens is 905 g/mol. The number of rotatable bonds is 24. The highest BCUT2D eigenvalue weighted by Crippen LogP contribution is 2.32. The molecule has 3 rings (SSSR count). The molecular formula is C46H70F4N5O11P. The normalized spacial score (nSPS) is 14.8. The molecule has 5 N–H and O–H groups in total. The van der Waals surface area contributed by atoms with Crippen LogP contribution in [-0.4, -0.2) is 173 Å². The Morgan fingerprint density at radius 2 is 1.06 bits per heavy atom. The molecule has 1 saturated heterocycles. The largest absolute Gasteiger partial charge is 0.480 e. The van der Waals surface area contributed by atoms with Crippen LogP contribution in [0.3, 0.4) is 0 Å². The summed E-state index contributed by atoms with van der Waals surface area (Å²) in [4.78, 5) is 85.7. The molecule has 1 fully saturated rings. The summed E-state index contributed by atoms with van der Waals surface area (Å²) in [6, 6.07) is 8.47. The third kappa shape index (κ3) is 28.4. The number of ether oxygens (including phenoxy) is 1. The van der Waals surface area contributed by atoms with E-state index in [0.29, 0.717) is 65.3 Å². The number of nitrogens with one attached hydrogen (secondary N) is 1. The topological polar surface area (TPSA) is 218 Å². The Bertz CT molecular complexity index is 1700. The molecule has 0 spiro atoms. The highest BCUT2D eigenvalue weighted by molar-refractivity contribution is 7.51. The van der Waals surface area contributed by atoms with E-state index in [0.717, 1.165) is 44.4 Å². The molecule has 1 aliphatic rings. The minimum Gasteiger partial charge on any atom is -0.480 e. The number of benzene rings is 2. The number of halogens is 4. The van der Waals surface area contributed by atoms with Crippen molar-refractivity contribution in [2.24, 2.45) is 0 Å². The lowest BCUT2D eigenvalue weighted by atomic mass is 10.1. The van der Waals surface area contributed by atoms with E-state index in [4.69, 9.17) is 15.3 Å². The van der Waals surface area contributed by atoms with Gasteiger partial charge in [0.05, 0.1) is 26.2 Å². The van der Waals surface area contributed by atoms with Gasteiger partial charge in [-0.05, 0) is 70.3 Å². The number of nitrogens with zero attached hydrogens (tertiary/aromatic N) is 4. The quantitative estimate of drug-likeness (QED) is 0.0222. The van der Waals surface area contributed by atoms with Crippen LogP contribution in [-0.2, 0) is 35.2 Å². The third-order valence-corrected chi connectivity index (χ3v) is 11.9. The Kier molecular flexibility index (Phi) is 31.3. The van der Waals surface area contributed by atoms with Gasteiger partial charge in [0.1, 0.15) is 5.78 Å². The fourth-order valence-electron chi connectivity index (χ4n) is 6.70. The van der Waals surface area contributed by atoms with Crippen molar-refractivity contribution in [1.29, 1.82) is 0 Å². The molecule has 2 aromatic carbocycles. The van der Waals surface area contributed by atoms with Crippen molar-refractivity contribution in [2.45, 2.75) is 85.5 Å². The maximum Gasteiger partial charge on any atom is 0.317 e. The van der Waals surface area contributed by atoms with Gasteiger partial charge in [-0.2, -0.15) is 8.78 Å². The second-order valence-corrected chi connectivity index (χ2v) is 17.8. The van der Waals surface area contributed by atoms with Gasteiger partial charge in [-0.3, -0.25) is 48.4 Å². The highest BCUT2D eigenvalue weighted by Gasteiger charge is 2.24. The number of amides is 1. The van der Waals surface area contributed by atoms with E-state index in [9.17, 15) is 51.2 Å². The maximum atomic E-state index is 13.5. The van der Waals surface area contributed by atoms with Crippen LogP contribution in [0.1, 0.15) is 83.3 Å². The van der Waals surface area contributed by atoms with Crippen molar-refractivity contribution in [3.63, 3.8) is 0 Å². The number of carbonyl (C=O) groups is 6. The molecule has 2 aromatic rings. The summed E-state index contributed by atoms with van der Waals surface area (Å²) < 4.78 is 57.8. The van der Waals surface area contributed by atoms with Crippen LogP contribution in [0.25, 0.3) is 0 Å². The van der Waals surface area contributed by atoms with Gasteiger partial charge in [-0.25, -0.2) is 8.78 Å². The molecule has 1 heterocycles. The van der Waals surface area contributed by atoms with Gasteiger partial charge in [-0.15, -0.1) is 0 Å². The first-order valence-corrected chi connectivity index (χ1v) is 24.3. The average molecular weight is 976 g/mol. The minimum atomic E-state index is -1.78. The summed E-state index contributed by atoms with van der Waals surface area (Å²) in [5.74, 6) is -12.5. The number of hydrogen-bond acceptors (Lipinski definition) is 12. The third-order valence-electron chi connectivity index (χ3n) is 10.2. The highest BCUT2D eigenvalue weighted by atomic mass is 31.1. The van der Waals surface area contributed by atoms with Gasteiger partial charge in [0.2, 0.25) is 23.3 Å². The van der Waals surface area contributed by atoms with Crippen LogP contribution >= 0.6 is 8.15 Å². The Morgan fingerprint density at radius 3 is 1.51 bits per heavy atom. The number of hydrogen-bond donors (Lipinski definition) is 5. The lowest BCUT2D eigenvalue weighted by Crippen LogP contribution is -2.49. The zero-order valence-corrected chi connectivity index (χ0v) is 40.1. The molecule has 0 saturated carbocycles. The predicted octanol–water partition coefficient (Wildman–Crippen LogP) is 5.40. The Balaban J connectivity index is 0.000000670. The summed E-state index contributed by atoms with van der Waals surface area (Å²) >= 11 is 0. The molecule has 0 aromatic heterocycles. The second-order valence-electron chi connectivity index (χ2n) is 15.9. The number of carbonyl (C=O) groups excluding carboxylic acids is 3. The first-order valence-electron chi connectivity index (χ1n) is 22.7. The van der Waals surface area contributed by atoms with Gasteiger partial charge < -0.3 is 30.3 Å². The standard InChI is InChI=1S/C27H34F4NO4P.C17H30N4O7.C2H6/c1-19-11-13-20(14-12-19)8-7-17-37(35)16-6-2-5-15-32-23(33)9-3-4-10-24(34)36-27-25(30)21(28)18-22(29)26(27)31;1-14(22)10-18-2-4-19(11-15(23)24)6-8-21(13-17(27)28)9-7-20(5-3-18)12-16(25)26;1-2/h11-14,18,35H,2-10,15-17H2,1H3,(H,32,33);2-13H2,1H3,(H,23,24)(H,25,26)(H,27,28);1-2H3.